The van der Waals surface area contributed by atoms with E-state index in [0.717, 1.165) is 23.4 Å². The average Bonchev–Trinajstić information content (AvgIpc) is 2.54. The summed E-state index contributed by atoms with van der Waals surface area (Å²) in [6.07, 6.45) is 2.40. The van der Waals surface area contributed by atoms with Crippen molar-refractivity contribution in [3.8, 4) is 0 Å². The number of anilines is 1. The number of carbonyl (C=O) groups excluding carboxylic acids is 2. The fraction of sp³-hybridized carbons (Fsp3) is 0.278. The summed E-state index contributed by atoms with van der Waals surface area (Å²) in [4.78, 5) is 30.0. The van der Waals surface area contributed by atoms with Crippen molar-refractivity contribution in [1.82, 2.24) is 9.88 Å². The molecule has 118 valence electrons. The molecule has 1 aromatic carbocycles. The van der Waals surface area contributed by atoms with E-state index in [2.05, 4.69) is 16.4 Å². The van der Waals surface area contributed by atoms with Crippen LogP contribution in [0.5, 0.6) is 0 Å². The molecule has 1 aliphatic rings. The number of rotatable bonds is 2. The third-order valence-corrected chi connectivity index (χ3v) is 4.03. The first-order chi connectivity index (χ1) is 11.0. The highest BCUT2D eigenvalue weighted by Gasteiger charge is 2.24. The summed E-state index contributed by atoms with van der Waals surface area (Å²) < 4.78 is 0. The minimum Gasteiger partial charge on any atom is -0.334 e. The van der Waals surface area contributed by atoms with E-state index >= 15 is 0 Å². The Morgan fingerprint density at radius 2 is 2.04 bits per heavy atom. The topological polar surface area (TPSA) is 62.3 Å². The third-order valence-electron chi connectivity index (χ3n) is 4.03. The molecule has 2 amide bonds. The Morgan fingerprint density at radius 1 is 1.22 bits per heavy atom. The SMILES string of the molecule is CC(=O)Nc1cccc2c1CN(C(=O)c1ccc(C)nc1)CC2. The second kappa shape index (κ2) is 6.20. The fourth-order valence-electron chi connectivity index (χ4n) is 2.84. The van der Waals surface area contributed by atoms with Crippen LogP contribution < -0.4 is 5.32 Å². The zero-order valence-electron chi connectivity index (χ0n) is 13.3. The first-order valence-electron chi connectivity index (χ1n) is 7.65. The smallest absolute Gasteiger partial charge is 0.255 e. The van der Waals surface area contributed by atoms with Crippen LogP contribution in [0, 0.1) is 6.92 Å². The Kier molecular flexibility index (Phi) is 4.10. The molecule has 0 fully saturated rings. The number of benzene rings is 1. The molecule has 23 heavy (non-hydrogen) atoms. The van der Waals surface area contributed by atoms with Crippen LogP contribution in [0.3, 0.4) is 0 Å². The van der Waals surface area contributed by atoms with Gasteiger partial charge in [0.2, 0.25) is 5.91 Å². The van der Waals surface area contributed by atoms with E-state index in [-0.39, 0.29) is 11.8 Å². The number of hydrogen-bond donors (Lipinski definition) is 1. The van der Waals surface area contributed by atoms with Gasteiger partial charge in [-0.3, -0.25) is 14.6 Å². The molecule has 0 bridgehead atoms. The van der Waals surface area contributed by atoms with Crippen molar-refractivity contribution in [1.29, 1.82) is 0 Å². The lowest BCUT2D eigenvalue weighted by atomic mass is 9.97. The van der Waals surface area contributed by atoms with Crippen LogP contribution in [0.1, 0.15) is 34.1 Å². The summed E-state index contributed by atoms with van der Waals surface area (Å²) in [7, 11) is 0. The van der Waals surface area contributed by atoms with Crippen molar-refractivity contribution < 1.29 is 9.59 Å². The molecule has 3 rings (SSSR count). The minimum absolute atomic E-state index is 0.0271. The molecular weight excluding hydrogens is 290 g/mol. The number of aromatic nitrogens is 1. The molecule has 0 radical (unpaired) electrons. The first kappa shape index (κ1) is 15.2. The second-order valence-corrected chi connectivity index (χ2v) is 5.79. The van der Waals surface area contributed by atoms with E-state index in [9.17, 15) is 9.59 Å². The maximum Gasteiger partial charge on any atom is 0.255 e. The molecule has 5 heteroatoms. The zero-order chi connectivity index (χ0) is 16.4. The van der Waals surface area contributed by atoms with Gasteiger partial charge in [-0.25, -0.2) is 0 Å². The maximum absolute atomic E-state index is 12.7. The van der Waals surface area contributed by atoms with E-state index in [0.29, 0.717) is 18.7 Å². The largest absolute Gasteiger partial charge is 0.334 e. The Hall–Kier alpha value is -2.69. The lowest BCUT2D eigenvalue weighted by Gasteiger charge is -2.30. The summed E-state index contributed by atoms with van der Waals surface area (Å²) in [5.41, 5.74) is 4.47. The lowest BCUT2D eigenvalue weighted by Crippen LogP contribution is -2.36. The summed E-state index contributed by atoms with van der Waals surface area (Å²) in [5.74, 6) is -0.134. The monoisotopic (exact) mass is 309 g/mol. The number of pyridine rings is 1. The molecule has 0 saturated carbocycles. The van der Waals surface area contributed by atoms with Crippen LogP contribution in [-0.4, -0.2) is 28.2 Å². The summed E-state index contributed by atoms with van der Waals surface area (Å²) in [5, 5.41) is 2.85. The van der Waals surface area contributed by atoms with E-state index in [1.165, 1.54) is 12.5 Å². The maximum atomic E-state index is 12.7. The molecule has 1 N–H and O–H groups in total. The predicted octanol–water partition coefficient (Wildman–Crippen LogP) is 2.55. The van der Waals surface area contributed by atoms with Crippen LogP contribution in [0.25, 0.3) is 0 Å². The Morgan fingerprint density at radius 3 is 2.74 bits per heavy atom. The highest BCUT2D eigenvalue weighted by atomic mass is 16.2. The Labute approximate surface area is 135 Å². The number of nitrogens with zero attached hydrogens (tertiary/aromatic N) is 2. The van der Waals surface area contributed by atoms with Crippen molar-refractivity contribution in [2.75, 3.05) is 11.9 Å². The summed E-state index contributed by atoms with van der Waals surface area (Å²) >= 11 is 0. The van der Waals surface area contributed by atoms with E-state index < -0.39 is 0 Å². The molecule has 2 heterocycles. The van der Waals surface area contributed by atoms with Crippen LogP contribution >= 0.6 is 0 Å². The van der Waals surface area contributed by atoms with Crippen LogP contribution in [0.4, 0.5) is 5.69 Å². The number of amides is 2. The molecular formula is C18H19N3O2. The molecule has 2 aromatic rings. The highest BCUT2D eigenvalue weighted by molar-refractivity contribution is 5.94. The van der Waals surface area contributed by atoms with E-state index in [1.54, 1.807) is 17.2 Å². The van der Waals surface area contributed by atoms with Crippen LogP contribution in [0.2, 0.25) is 0 Å². The van der Waals surface area contributed by atoms with Crippen molar-refractivity contribution in [2.45, 2.75) is 26.8 Å². The normalized spacial score (nSPS) is 13.4. The number of aryl methyl sites for hydroxylation is 1. The van der Waals surface area contributed by atoms with Gasteiger partial charge >= 0.3 is 0 Å². The molecule has 5 nitrogen and oxygen atoms in total. The van der Waals surface area contributed by atoms with Crippen molar-refractivity contribution >= 4 is 17.5 Å². The molecule has 1 aromatic heterocycles. The molecule has 1 aliphatic heterocycles. The summed E-state index contributed by atoms with van der Waals surface area (Å²) in [6, 6.07) is 9.51. The van der Waals surface area contributed by atoms with Gasteiger partial charge in [0, 0.05) is 37.6 Å². The van der Waals surface area contributed by atoms with Crippen LogP contribution in [-0.2, 0) is 17.8 Å². The van der Waals surface area contributed by atoms with Crippen molar-refractivity contribution in [3.05, 3.63) is 58.9 Å². The van der Waals surface area contributed by atoms with Crippen molar-refractivity contribution in [3.63, 3.8) is 0 Å². The van der Waals surface area contributed by atoms with Gasteiger partial charge in [-0.1, -0.05) is 12.1 Å². The Bertz CT molecular complexity index is 753. The quantitative estimate of drug-likeness (QED) is 0.927. The average molecular weight is 309 g/mol. The molecule has 0 aliphatic carbocycles. The van der Waals surface area contributed by atoms with Gasteiger partial charge in [0.15, 0.2) is 0 Å². The molecule has 0 spiro atoms. The van der Waals surface area contributed by atoms with Gasteiger partial charge in [-0.15, -0.1) is 0 Å². The third kappa shape index (κ3) is 3.23. The van der Waals surface area contributed by atoms with Crippen molar-refractivity contribution in [2.24, 2.45) is 0 Å². The highest BCUT2D eigenvalue weighted by Crippen LogP contribution is 2.27. The van der Waals surface area contributed by atoms with Gasteiger partial charge in [-0.05, 0) is 42.7 Å². The zero-order valence-corrected chi connectivity index (χ0v) is 13.3. The molecule has 0 atom stereocenters. The number of hydrogen-bond acceptors (Lipinski definition) is 3. The minimum atomic E-state index is -0.107. The number of fused-ring (bicyclic) bond motifs is 1. The van der Waals surface area contributed by atoms with Gasteiger partial charge in [0.25, 0.3) is 5.91 Å². The van der Waals surface area contributed by atoms with Gasteiger partial charge in [-0.2, -0.15) is 0 Å². The molecule has 0 unspecified atom stereocenters. The number of nitrogens with one attached hydrogen (secondary N) is 1. The Balaban J connectivity index is 1.85. The first-order valence-corrected chi connectivity index (χ1v) is 7.65. The lowest BCUT2D eigenvalue weighted by molar-refractivity contribution is -0.114. The predicted molar refractivity (Wildman–Crippen MR) is 88.2 cm³/mol. The van der Waals surface area contributed by atoms with E-state index in [1.807, 2.05) is 25.1 Å². The van der Waals surface area contributed by atoms with Crippen LogP contribution in [0.15, 0.2) is 36.5 Å². The standard InChI is InChI=1S/C18H19N3O2/c1-12-6-7-15(10-19-12)18(23)21-9-8-14-4-3-5-17(16(14)11-21)20-13(2)22/h3-7,10H,8-9,11H2,1-2H3,(H,20,22). The van der Waals surface area contributed by atoms with E-state index in [4.69, 9.17) is 0 Å². The fourth-order valence-corrected chi connectivity index (χ4v) is 2.84. The second-order valence-electron chi connectivity index (χ2n) is 5.79. The molecule has 0 saturated heterocycles. The van der Waals surface area contributed by atoms with Gasteiger partial charge in [0.1, 0.15) is 0 Å². The van der Waals surface area contributed by atoms with Gasteiger partial charge < -0.3 is 10.2 Å². The number of carbonyl (C=O) groups is 2. The van der Waals surface area contributed by atoms with Gasteiger partial charge in [0.05, 0.1) is 5.56 Å². The summed E-state index contributed by atoms with van der Waals surface area (Å²) in [6.45, 7) is 4.55.